The van der Waals surface area contributed by atoms with Crippen molar-refractivity contribution >= 4 is 39.1 Å². The summed E-state index contributed by atoms with van der Waals surface area (Å²) >= 11 is 0. The van der Waals surface area contributed by atoms with Crippen LogP contribution in [-0.2, 0) is 36.3 Å². The zero-order chi connectivity index (χ0) is 37.2. The minimum absolute atomic E-state index is 0.0677. The summed E-state index contributed by atoms with van der Waals surface area (Å²) in [5.41, 5.74) is 0.522. The third-order valence-corrected chi connectivity index (χ3v) is 15.5. The summed E-state index contributed by atoms with van der Waals surface area (Å²) in [6, 6.07) is 39.2. The molecule has 1 aliphatic heterocycles. The Bertz CT molecular complexity index is 1670. The first-order valence-corrected chi connectivity index (χ1v) is 23.5. The van der Waals surface area contributed by atoms with E-state index in [1.165, 1.54) is 0 Å². The highest BCUT2D eigenvalue weighted by Gasteiger charge is 2.56. The van der Waals surface area contributed by atoms with Crippen LogP contribution in [0.25, 0.3) is 0 Å². The Morgan fingerprint density at radius 1 is 0.750 bits per heavy atom. The van der Waals surface area contributed by atoms with Gasteiger partial charge in [0.1, 0.15) is 18.8 Å². The van der Waals surface area contributed by atoms with E-state index in [2.05, 4.69) is 75.3 Å². The predicted octanol–water partition coefficient (Wildman–Crippen LogP) is 6.94. The van der Waals surface area contributed by atoms with Crippen LogP contribution in [0.1, 0.15) is 44.7 Å². The van der Waals surface area contributed by atoms with E-state index in [4.69, 9.17) is 18.3 Å². The van der Waals surface area contributed by atoms with Crippen LogP contribution in [0.5, 0.6) is 0 Å². The molecule has 0 radical (unpaired) electrons. The lowest BCUT2D eigenvalue weighted by molar-refractivity contribution is -0.158. The van der Waals surface area contributed by atoms with Crippen molar-refractivity contribution in [2.75, 3.05) is 13.2 Å². The summed E-state index contributed by atoms with van der Waals surface area (Å²) in [7, 11) is -5.44. The lowest BCUT2D eigenvalue weighted by Gasteiger charge is -2.46. The average molecular weight is 739 g/mol. The maximum atomic E-state index is 14.4. The highest BCUT2D eigenvalue weighted by Crippen LogP contribution is 2.38. The van der Waals surface area contributed by atoms with Gasteiger partial charge >= 0.3 is 12.1 Å². The fraction of sp³-hybridized carbons (Fsp3) is 0.381. The van der Waals surface area contributed by atoms with Crippen molar-refractivity contribution in [3.05, 3.63) is 132 Å². The maximum Gasteiger partial charge on any atom is 0.407 e. The molecule has 52 heavy (non-hydrogen) atoms. The van der Waals surface area contributed by atoms with Crippen LogP contribution in [0.2, 0.25) is 24.7 Å². The molecule has 0 unspecified atom stereocenters. The highest BCUT2D eigenvalue weighted by molar-refractivity contribution is 6.99. The van der Waals surface area contributed by atoms with Gasteiger partial charge < -0.3 is 23.6 Å². The Morgan fingerprint density at radius 2 is 1.23 bits per heavy atom. The molecule has 0 bridgehead atoms. The summed E-state index contributed by atoms with van der Waals surface area (Å²) in [6.45, 7) is 13.8. The number of carbonyl (C=O) groups is 2. The standard InChI is InChI=1S/C42H54N2O6Si2/c1-41(2,3)52(35-24-15-9-16-25-35,36-26-17-10-18-27-36)49-32-37(44-40(46)48-31-34-22-13-8-14-23-34)38(50-51(4,5)6)42(28-19-29-43-42)39(45)47-30-33-20-11-7-12-21-33/h7-18,20-27,37-38,43H,19,28-32H2,1-6H3,(H,44,46)/t37-,38-,42+/m0/s1. The number of esters is 1. The minimum atomic E-state index is -3.06. The van der Waals surface area contributed by atoms with Gasteiger partial charge in [-0.3, -0.25) is 5.32 Å². The molecule has 1 heterocycles. The molecule has 1 amide bonds. The molecule has 1 saturated heterocycles. The largest absolute Gasteiger partial charge is 0.459 e. The van der Waals surface area contributed by atoms with Crippen molar-refractivity contribution in [1.82, 2.24) is 10.6 Å². The number of benzene rings is 4. The van der Waals surface area contributed by atoms with Gasteiger partial charge in [-0.1, -0.05) is 142 Å². The molecule has 4 aromatic rings. The molecule has 2 N–H and O–H groups in total. The molecule has 3 atom stereocenters. The van der Waals surface area contributed by atoms with Crippen molar-refractivity contribution in [2.24, 2.45) is 0 Å². The van der Waals surface area contributed by atoms with Crippen LogP contribution in [-0.4, -0.2) is 59.5 Å². The zero-order valence-electron chi connectivity index (χ0n) is 31.4. The minimum Gasteiger partial charge on any atom is -0.459 e. The number of nitrogens with one attached hydrogen (secondary N) is 2. The van der Waals surface area contributed by atoms with Crippen LogP contribution in [0.4, 0.5) is 4.79 Å². The second kappa shape index (κ2) is 17.2. The third-order valence-electron chi connectivity index (χ3n) is 9.51. The first-order chi connectivity index (χ1) is 24.8. The summed E-state index contributed by atoms with van der Waals surface area (Å²) in [5.74, 6) is -0.410. The monoisotopic (exact) mass is 738 g/mol. The van der Waals surface area contributed by atoms with E-state index in [1.807, 2.05) is 97.1 Å². The normalized spacial score (nSPS) is 17.6. The van der Waals surface area contributed by atoms with Gasteiger partial charge in [0.25, 0.3) is 8.32 Å². The SMILES string of the molecule is CC(C)(C)[Si](OC[C@H](NC(=O)OCc1ccccc1)[C@H](O[Si](C)(C)C)[C@@]1(C(=O)OCc2ccccc2)CCCN1)(c1ccccc1)c1ccccc1. The van der Waals surface area contributed by atoms with Gasteiger partial charge in [-0.2, -0.15) is 0 Å². The Balaban J connectivity index is 1.57. The Morgan fingerprint density at radius 3 is 1.67 bits per heavy atom. The number of hydrogen-bond donors (Lipinski definition) is 2. The lowest BCUT2D eigenvalue weighted by Crippen LogP contribution is -2.70. The van der Waals surface area contributed by atoms with Gasteiger partial charge in [0, 0.05) is 0 Å². The number of ether oxygens (including phenoxy) is 2. The van der Waals surface area contributed by atoms with Crippen LogP contribution in [0, 0.1) is 0 Å². The molecule has 8 nitrogen and oxygen atoms in total. The smallest absolute Gasteiger partial charge is 0.407 e. The number of hydrogen-bond acceptors (Lipinski definition) is 7. The lowest BCUT2D eigenvalue weighted by atomic mass is 9.86. The van der Waals surface area contributed by atoms with E-state index >= 15 is 0 Å². The van der Waals surface area contributed by atoms with Gasteiger partial charge in [0.05, 0.1) is 18.8 Å². The van der Waals surface area contributed by atoms with Gasteiger partial charge in [0.15, 0.2) is 8.32 Å². The Hall–Kier alpha value is -4.07. The van der Waals surface area contributed by atoms with Crippen LogP contribution < -0.4 is 21.0 Å². The van der Waals surface area contributed by atoms with Gasteiger partial charge in [-0.25, -0.2) is 9.59 Å². The Labute approximate surface area is 311 Å². The number of rotatable bonds is 15. The van der Waals surface area contributed by atoms with Gasteiger partial charge in [-0.15, -0.1) is 0 Å². The third kappa shape index (κ3) is 9.48. The van der Waals surface area contributed by atoms with Crippen LogP contribution >= 0.6 is 0 Å². The summed E-state index contributed by atoms with van der Waals surface area (Å²) in [6.07, 6.45) is -0.221. The van der Waals surface area contributed by atoms with E-state index in [0.717, 1.165) is 27.9 Å². The summed E-state index contributed by atoms with van der Waals surface area (Å²) in [5, 5.41) is 8.57. The molecule has 0 spiro atoms. The number of alkyl carbamates (subject to hydrolysis) is 1. The molecule has 0 aromatic heterocycles. The second-order valence-corrected chi connectivity index (χ2v) is 24.3. The zero-order valence-corrected chi connectivity index (χ0v) is 33.4. The molecule has 1 aliphatic rings. The van der Waals surface area contributed by atoms with Crippen molar-refractivity contribution in [3.63, 3.8) is 0 Å². The topological polar surface area (TPSA) is 95.1 Å². The second-order valence-electron chi connectivity index (χ2n) is 15.5. The maximum absolute atomic E-state index is 14.4. The van der Waals surface area contributed by atoms with Crippen molar-refractivity contribution in [2.45, 2.75) is 89.2 Å². The molecule has 5 rings (SSSR count). The quantitative estimate of drug-likeness (QED) is 0.101. The van der Waals surface area contributed by atoms with Crippen LogP contribution in [0.3, 0.4) is 0 Å². The molecular weight excluding hydrogens is 685 g/mol. The van der Waals surface area contributed by atoms with E-state index in [1.54, 1.807) is 0 Å². The first kappa shape index (κ1) is 39.1. The number of amides is 1. The highest BCUT2D eigenvalue weighted by atomic mass is 28.4. The van der Waals surface area contributed by atoms with Crippen LogP contribution in [0.15, 0.2) is 121 Å². The molecule has 1 fully saturated rings. The summed E-state index contributed by atoms with van der Waals surface area (Å²) in [4.78, 5) is 28.2. The van der Waals surface area contributed by atoms with E-state index in [9.17, 15) is 9.59 Å². The van der Waals surface area contributed by atoms with E-state index < -0.39 is 46.4 Å². The van der Waals surface area contributed by atoms with E-state index in [0.29, 0.717) is 13.0 Å². The number of carbonyl (C=O) groups excluding carboxylic acids is 2. The average Bonchev–Trinajstić information content (AvgIpc) is 3.64. The molecule has 276 valence electrons. The molecule has 10 heteroatoms. The molecule has 4 aromatic carbocycles. The fourth-order valence-electron chi connectivity index (χ4n) is 7.16. The van der Waals surface area contributed by atoms with Crippen molar-refractivity contribution in [3.8, 4) is 0 Å². The first-order valence-electron chi connectivity index (χ1n) is 18.2. The van der Waals surface area contributed by atoms with Gasteiger partial charge in [-0.05, 0) is 65.6 Å². The summed E-state index contributed by atoms with van der Waals surface area (Å²) < 4.78 is 26.3. The Kier molecular flexibility index (Phi) is 12.9. The van der Waals surface area contributed by atoms with Crippen molar-refractivity contribution in [1.29, 1.82) is 0 Å². The van der Waals surface area contributed by atoms with Crippen molar-refractivity contribution < 1.29 is 27.9 Å². The fourth-order valence-corrected chi connectivity index (χ4v) is 12.9. The molecule has 0 saturated carbocycles. The predicted molar refractivity (Wildman–Crippen MR) is 212 cm³/mol. The molecule has 0 aliphatic carbocycles. The van der Waals surface area contributed by atoms with E-state index in [-0.39, 0.29) is 24.9 Å². The van der Waals surface area contributed by atoms with Gasteiger partial charge in [0.2, 0.25) is 0 Å². The molecular formula is C42H54N2O6Si2.